The van der Waals surface area contributed by atoms with Gasteiger partial charge in [0, 0.05) is 63.7 Å². The van der Waals surface area contributed by atoms with Crippen molar-refractivity contribution in [3.63, 3.8) is 0 Å². The Morgan fingerprint density at radius 2 is 1.73 bits per heavy atom. The number of aliphatic hydroxyl groups is 2. The summed E-state index contributed by atoms with van der Waals surface area (Å²) in [4.78, 5) is 23.9. The van der Waals surface area contributed by atoms with E-state index in [0.29, 0.717) is 11.6 Å². The number of methoxy groups -OCH3 is 1. The lowest BCUT2D eigenvalue weighted by molar-refractivity contribution is -0.142. The number of hydrogen-bond acceptors (Lipinski definition) is 6. The molecule has 3 aromatic heterocycles. The topological polar surface area (TPSA) is 135 Å². The first-order chi connectivity index (χ1) is 23.4. The molecular weight excluding hydrogens is 616 g/mol. The molecule has 6 N–H and O–H groups in total. The molecule has 6 rings (SSSR count). The second-order valence-electron chi connectivity index (χ2n) is 13.9. The Morgan fingerprint density at radius 1 is 1.02 bits per heavy atom. The Morgan fingerprint density at radius 3 is 2.41 bits per heavy atom. The van der Waals surface area contributed by atoms with Crippen LogP contribution < -0.4 is 26.6 Å². The fourth-order valence-corrected chi connectivity index (χ4v) is 8.04. The molecule has 0 saturated carbocycles. The van der Waals surface area contributed by atoms with Gasteiger partial charge in [0.25, 0.3) is 0 Å². The van der Waals surface area contributed by atoms with Gasteiger partial charge in [-0.15, -0.1) is 0 Å². The van der Waals surface area contributed by atoms with Gasteiger partial charge in [-0.25, -0.2) is 0 Å². The van der Waals surface area contributed by atoms with Gasteiger partial charge in [0.2, 0.25) is 0 Å². The molecule has 0 spiro atoms. The summed E-state index contributed by atoms with van der Waals surface area (Å²) >= 11 is 0. The molecule has 9 nitrogen and oxygen atoms in total. The average Bonchev–Trinajstić information content (AvgIpc) is 3.80. The Balaban J connectivity index is 1.61. The number of aromatic amines is 3. The number of nitrogens with one attached hydrogen (secondary N) is 4. The van der Waals surface area contributed by atoms with Crippen LogP contribution in [0.4, 0.5) is 0 Å². The summed E-state index contributed by atoms with van der Waals surface area (Å²) in [5.74, 6) is -1.02. The number of ether oxygens (including phenoxy) is 2. The predicted octanol–water partition coefficient (Wildman–Crippen LogP) is 3.74. The van der Waals surface area contributed by atoms with Crippen molar-refractivity contribution in [3.05, 3.63) is 90.1 Å². The number of aliphatic hydroxyl groups excluding tert-OH is 2. The van der Waals surface area contributed by atoms with Gasteiger partial charge in [0.15, 0.2) is 6.29 Å². The minimum absolute atomic E-state index is 0.00889. The van der Waals surface area contributed by atoms with E-state index in [2.05, 4.69) is 72.8 Å². The lowest BCUT2D eigenvalue weighted by Gasteiger charge is -2.29. The summed E-state index contributed by atoms with van der Waals surface area (Å²) in [6, 6.07) is -0.324. The van der Waals surface area contributed by atoms with E-state index in [0.717, 1.165) is 73.1 Å². The average molecular weight is 667 g/mol. The first-order valence-electron chi connectivity index (χ1n) is 17.3. The fraction of sp³-hybridized carbons (Fsp3) is 0.425. The van der Waals surface area contributed by atoms with Crippen LogP contribution in [0.2, 0.25) is 0 Å². The smallest absolute Gasteiger partial charge is 0.306 e. The molecule has 3 aromatic rings. The highest BCUT2D eigenvalue weighted by molar-refractivity contribution is 5.76. The molecule has 260 valence electrons. The highest BCUT2D eigenvalue weighted by Crippen LogP contribution is 2.43. The minimum Gasteiger partial charge on any atom is -0.511 e. The van der Waals surface area contributed by atoms with E-state index in [1.807, 2.05) is 32.9 Å². The van der Waals surface area contributed by atoms with E-state index >= 15 is 0 Å². The molecule has 0 aromatic carbocycles. The molecule has 0 radical (unpaired) electrons. The summed E-state index contributed by atoms with van der Waals surface area (Å²) in [7, 11) is 1.44. The second-order valence-corrected chi connectivity index (χ2v) is 13.9. The maximum absolute atomic E-state index is 12.9. The maximum atomic E-state index is 12.9. The monoisotopic (exact) mass is 666 g/mol. The first-order valence-corrected chi connectivity index (χ1v) is 17.3. The Labute approximate surface area is 287 Å². The van der Waals surface area contributed by atoms with Crippen molar-refractivity contribution in [2.45, 2.75) is 80.1 Å². The van der Waals surface area contributed by atoms with E-state index in [9.17, 15) is 15.0 Å². The molecule has 5 heterocycles. The van der Waals surface area contributed by atoms with E-state index < -0.39 is 12.2 Å². The number of fused-ring (bicyclic) bond motifs is 8. The normalized spacial score (nSPS) is 23.9. The van der Waals surface area contributed by atoms with Crippen molar-refractivity contribution < 1.29 is 24.5 Å². The van der Waals surface area contributed by atoms with Gasteiger partial charge < -0.3 is 40.0 Å². The number of H-pyrrole nitrogens is 3. The summed E-state index contributed by atoms with van der Waals surface area (Å²) in [5.41, 5.74) is 11.1. The number of aromatic nitrogens is 3. The van der Waals surface area contributed by atoms with Crippen LogP contribution in [0.1, 0.15) is 85.4 Å². The molecule has 9 heteroatoms. The molecule has 3 aliphatic rings. The lowest BCUT2D eigenvalue weighted by Crippen LogP contribution is -2.39. The fourth-order valence-electron chi connectivity index (χ4n) is 8.04. The Hall–Kier alpha value is -4.47. The van der Waals surface area contributed by atoms with E-state index in [1.54, 1.807) is 0 Å². The van der Waals surface area contributed by atoms with Gasteiger partial charge in [0.05, 0.1) is 17.3 Å². The summed E-state index contributed by atoms with van der Waals surface area (Å²) in [5, 5.41) is 30.4. The summed E-state index contributed by atoms with van der Waals surface area (Å²) in [6.07, 6.45) is 10.6. The van der Waals surface area contributed by atoms with Crippen LogP contribution in [0.5, 0.6) is 0 Å². The molecule has 49 heavy (non-hydrogen) atoms. The van der Waals surface area contributed by atoms with Crippen LogP contribution in [0.25, 0.3) is 35.6 Å². The number of esters is 1. The lowest BCUT2D eigenvalue weighted by atomic mass is 9.80. The molecule has 2 aliphatic heterocycles. The summed E-state index contributed by atoms with van der Waals surface area (Å²) < 4.78 is 11.0. The molecule has 2 unspecified atom stereocenters. The van der Waals surface area contributed by atoms with E-state index in [1.165, 1.54) is 18.2 Å². The van der Waals surface area contributed by atoms with Crippen molar-refractivity contribution in [2.24, 2.45) is 17.8 Å². The largest absolute Gasteiger partial charge is 0.511 e. The molecule has 1 fully saturated rings. The minimum atomic E-state index is -1.27. The van der Waals surface area contributed by atoms with Gasteiger partial charge >= 0.3 is 5.97 Å². The number of rotatable bonds is 9. The number of carbonyl (C=O) groups is 1. The van der Waals surface area contributed by atoms with Crippen LogP contribution in [-0.2, 0) is 20.7 Å². The zero-order valence-corrected chi connectivity index (χ0v) is 29.9. The third-order valence-electron chi connectivity index (χ3n) is 10.9. The van der Waals surface area contributed by atoms with Crippen LogP contribution in [0, 0.1) is 38.5 Å². The highest BCUT2D eigenvalue weighted by Gasteiger charge is 2.46. The van der Waals surface area contributed by atoms with Crippen LogP contribution >= 0.6 is 0 Å². The van der Waals surface area contributed by atoms with Gasteiger partial charge in [-0.2, -0.15) is 0 Å². The number of carbonyl (C=O) groups excluding carboxylic acids is 1. The molecule has 1 saturated heterocycles. The maximum Gasteiger partial charge on any atom is 0.306 e. The SMILES string of the molecule is C=Cc1c2[nH]c(c1C)/C=C1\NC(C3=c4[nH]c(c(C)c4=C(O)[C@@H]3C(O)OC)/C=c3\[nH]/c(c(C)c3CC)=C\2)[C@@H](CCC(=O)OCC=C(C)C)[C@@H]1C. The quantitative estimate of drug-likeness (QED) is 0.117. The second kappa shape index (κ2) is 13.4. The van der Waals surface area contributed by atoms with Gasteiger partial charge in [-0.1, -0.05) is 32.1 Å². The Kier molecular flexibility index (Phi) is 9.44. The highest BCUT2D eigenvalue weighted by atomic mass is 16.6. The van der Waals surface area contributed by atoms with Gasteiger partial charge in [-0.3, -0.25) is 4.79 Å². The van der Waals surface area contributed by atoms with E-state index in [-0.39, 0.29) is 42.6 Å². The third-order valence-corrected chi connectivity index (χ3v) is 10.9. The summed E-state index contributed by atoms with van der Waals surface area (Å²) in [6.45, 7) is 18.9. The molecular formula is C40H50N4O5. The molecule has 8 bridgehead atoms. The van der Waals surface area contributed by atoms with Crippen LogP contribution in [0.3, 0.4) is 0 Å². The predicted molar refractivity (Wildman–Crippen MR) is 195 cm³/mol. The Bertz CT molecular complexity index is 2130. The standard InChI is InChI=1S/C40H50N4O5/c1-10-24-20(5)27-16-29-22(7)26(12-13-33(45)49-15-14-19(3)4)37(43-29)35-36(40(47)48-9)39(46)34-23(8)30(44-38(34)35)18-32-25(11-2)21(6)28(42-32)17-31(24)41-27/h10,14,16-18,22,26,36-37,40-44,46-47H,1,11-13,15H2,2-9H3/b28-17-,29-16-,32-18-/t22-,26-,36+,37?,40?/m0/s1. The third kappa shape index (κ3) is 5.93. The van der Waals surface area contributed by atoms with Crippen molar-refractivity contribution in [1.29, 1.82) is 0 Å². The van der Waals surface area contributed by atoms with Crippen molar-refractivity contribution in [1.82, 2.24) is 20.3 Å². The zero-order valence-electron chi connectivity index (χ0n) is 29.9. The first kappa shape index (κ1) is 34.4. The molecule has 5 atom stereocenters. The number of allylic oxidation sites excluding steroid dienone is 2. The van der Waals surface area contributed by atoms with Gasteiger partial charge in [0.1, 0.15) is 12.4 Å². The van der Waals surface area contributed by atoms with Crippen molar-refractivity contribution in [2.75, 3.05) is 13.7 Å². The molecule has 1 aliphatic carbocycles. The van der Waals surface area contributed by atoms with E-state index in [4.69, 9.17) is 9.47 Å². The van der Waals surface area contributed by atoms with Crippen molar-refractivity contribution in [3.8, 4) is 0 Å². The van der Waals surface area contributed by atoms with Gasteiger partial charge in [-0.05, 0) is 106 Å². The molecule has 0 amide bonds. The van der Waals surface area contributed by atoms with Crippen molar-refractivity contribution >= 4 is 41.6 Å². The number of hydrogen-bond donors (Lipinski definition) is 6. The van der Waals surface area contributed by atoms with Crippen LogP contribution in [0.15, 0.2) is 23.9 Å². The zero-order chi connectivity index (χ0) is 35.3. The van der Waals surface area contributed by atoms with Crippen LogP contribution in [-0.4, -0.2) is 57.2 Å².